The highest BCUT2D eigenvalue weighted by molar-refractivity contribution is 7.89. The first-order chi connectivity index (χ1) is 12.9. The van der Waals surface area contributed by atoms with Crippen molar-refractivity contribution in [2.75, 3.05) is 0 Å². The zero-order valence-corrected chi connectivity index (χ0v) is 16.4. The van der Waals surface area contributed by atoms with Crippen LogP contribution in [-0.4, -0.2) is 17.8 Å². The van der Waals surface area contributed by atoms with E-state index in [0.717, 1.165) is 15.8 Å². The van der Waals surface area contributed by atoms with Crippen LogP contribution >= 0.6 is 11.3 Å². The van der Waals surface area contributed by atoms with Gasteiger partial charge in [-0.05, 0) is 37.1 Å². The van der Waals surface area contributed by atoms with Crippen molar-refractivity contribution in [3.8, 4) is 0 Å². The predicted molar refractivity (Wildman–Crippen MR) is 107 cm³/mol. The second-order valence-corrected chi connectivity index (χ2v) is 9.05. The summed E-state index contributed by atoms with van der Waals surface area (Å²) in [5.41, 5.74) is 2.16. The lowest BCUT2D eigenvalue weighted by molar-refractivity contribution is 0.578. The molecule has 4 aromatic rings. The second-order valence-electron chi connectivity index (χ2n) is 6.33. The zero-order chi connectivity index (χ0) is 19.2. The Bertz CT molecular complexity index is 1320. The molecule has 0 aliphatic rings. The number of benzene rings is 2. The van der Waals surface area contributed by atoms with Gasteiger partial charge < -0.3 is 0 Å². The molecule has 2 aromatic carbocycles. The van der Waals surface area contributed by atoms with E-state index in [0.29, 0.717) is 10.5 Å². The van der Waals surface area contributed by atoms with E-state index in [4.69, 9.17) is 0 Å². The molecule has 0 aliphatic heterocycles. The molecule has 0 amide bonds. The van der Waals surface area contributed by atoms with Crippen LogP contribution in [0.2, 0.25) is 0 Å². The molecule has 0 unspecified atom stereocenters. The van der Waals surface area contributed by atoms with E-state index >= 15 is 0 Å². The number of sulfonamides is 1. The summed E-state index contributed by atoms with van der Waals surface area (Å²) in [4.78, 5) is 17.6. The molecule has 1 N–H and O–H groups in total. The molecule has 0 saturated carbocycles. The molecule has 0 spiro atoms. The number of thiazole rings is 1. The highest BCUT2D eigenvalue weighted by atomic mass is 32.2. The van der Waals surface area contributed by atoms with Crippen LogP contribution in [0.5, 0.6) is 0 Å². The molecular weight excluding hydrogens is 382 g/mol. The normalized spacial score (nSPS) is 12.1. The molecule has 0 fully saturated rings. The number of aromatic nitrogens is 2. The van der Waals surface area contributed by atoms with Crippen LogP contribution in [0.15, 0.2) is 58.2 Å². The molecule has 0 radical (unpaired) electrons. The summed E-state index contributed by atoms with van der Waals surface area (Å²) in [6, 6.07) is 14.8. The Hall–Kier alpha value is -2.55. The van der Waals surface area contributed by atoms with E-state index < -0.39 is 15.6 Å². The summed E-state index contributed by atoms with van der Waals surface area (Å²) >= 11 is 1.37. The molecule has 2 heterocycles. The molecule has 0 atom stereocenters. The fourth-order valence-corrected chi connectivity index (χ4v) is 5.43. The van der Waals surface area contributed by atoms with Gasteiger partial charge in [0.15, 0.2) is 9.86 Å². The molecule has 6 nitrogen and oxygen atoms in total. The lowest BCUT2D eigenvalue weighted by Crippen LogP contribution is -2.32. The Morgan fingerprint density at radius 2 is 1.85 bits per heavy atom. The summed E-state index contributed by atoms with van der Waals surface area (Å²) < 4.78 is 30.5. The minimum atomic E-state index is -4.01. The van der Waals surface area contributed by atoms with Crippen LogP contribution in [-0.2, 0) is 16.6 Å². The Balaban J connectivity index is 1.85. The van der Waals surface area contributed by atoms with E-state index in [1.54, 1.807) is 6.92 Å². The molecule has 2 aromatic heterocycles. The van der Waals surface area contributed by atoms with Crippen molar-refractivity contribution in [2.45, 2.75) is 25.3 Å². The van der Waals surface area contributed by atoms with Gasteiger partial charge >= 0.3 is 0 Å². The van der Waals surface area contributed by atoms with Gasteiger partial charge in [-0.1, -0.05) is 47.7 Å². The number of nitrogens with one attached hydrogen (secondary N) is 1. The van der Waals surface area contributed by atoms with Crippen molar-refractivity contribution < 1.29 is 8.42 Å². The summed E-state index contributed by atoms with van der Waals surface area (Å²) in [5.74, 6) is 0. The van der Waals surface area contributed by atoms with Gasteiger partial charge in [0, 0.05) is 6.54 Å². The third-order valence-corrected chi connectivity index (χ3v) is 6.85. The first-order valence-corrected chi connectivity index (χ1v) is 10.6. The van der Waals surface area contributed by atoms with Crippen LogP contribution < -0.4 is 10.3 Å². The second kappa shape index (κ2) is 6.56. The van der Waals surface area contributed by atoms with E-state index in [2.05, 4.69) is 9.71 Å². The fourth-order valence-electron chi connectivity index (χ4n) is 3.01. The van der Waals surface area contributed by atoms with Gasteiger partial charge in [-0.3, -0.25) is 4.79 Å². The Kier molecular flexibility index (Phi) is 4.33. The molecule has 138 valence electrons. The SMILES string of the molecule is Cc1ccc2c(c1)sc1nc(C)c(S(=O)(=O)NCc3ccccc3)c(=O)n12. The van der Waals surface area contributed by atoms with Gasteiger partial charge in [0.25, 0.3) is 5.56 Å². The van der Waals surface area contributed by atoms with Gasteiger partial charge in [0.05, 0.1) is 15.9 Å². The molecule has 8 heteroatoms. The van der Waals surface area contributed by atoms with Crippen LogP contribution in [0.25, 0.3) is 15.2 Å². The summed E-state index contributed by atoms with van der Waals surface area (Å²) in [6.07, 6.45) is 0. The third kappa shape index (κ3) is 3.16. The van der Waals surface area contributed by atoms with E-state index in [-0.39, 0.29) is 17.1 Å². The first kappa shape index (κ1) is 17.8. The first-order valence-electron chi connectivity index (χ1n) is 8.33. The van der Waals surface area contributed by atoms with Gasteiger partial charge in [-0.25, -0.2) is 22.5 Å². The molecule has 27 heavy (non-hydrogen) atoms. The molecule has 0 saturated heterocycles. The maximum Gasteiger partial charge on any atom is 0.279 e. The van der Waals surface area contributed by atoms with Gasteiger partial charge in [0.2, 0.25) is 10.0 Å². The Morgan fingerprint density at radius 1 is 1.11 bits per heavy atom. The topological polar surface area (TPSA) is 80.5 Å². The van der Waals surface area contributed by atoms with Gasteiger partial charge in [0.1, 0.15) is 0 Å². The van der Waals surface area contributed by atoms with Crippen LogP contribution in [0.4, 0.5) is 0 Å². The standard InChI is InChI=1S/C19H17N3O3S2/c1-12-8-9-15-16(10-12)26-19-21-13(2)17(18(23)22(15)19)27(24,25)20-11-14-6-4-3-5-7-14/h3-10,20H,11H2,1-2H3. The highest BCUT2D eigenvalue weighted by Gasteiger charge is 2.25. The summed E-state index contributed by atoms with van der Waals surface area (Å²) in [6.45, 7) is 3.62. The smallest absolute Gasteiger partial charge is 0.267 e. The molecule has 4 rings (SSSR count). The van der Waals surface area contributed by atoms with Crippen LogP contribution in [0.1, 0.15) is 16.8 Å². The number of rotatable bonds is 4. The average Bonchev–Trinajstić information content (AvgIpc) is 2.98. The van der Waals surface area contributed by atoms with Gasteiger partial charge in [-0.15, -0.1) is 0 Å². The largest absolute Gasteiger partial charge is 0.279 e. The predicted octanol–water partition coefficient (Wildman–Crippen LogP) is 3.00. The van der Waals surface area contributed by atoms with Crippen LogP contribution in [0.3, 0.4) is 0 Å². The number of nitrogens with zero attached hydrogens (tertiary/aromatic N) is 2. The summed E-state index contributed by atoms with van der Waals surface area (Å²) in [7, 11) is -4.01. The van der Waals surface area contributed by atoms with Crippen molar-refractivity contribution in [3.05, 3.63) is 75.7 Å². The number of aryl methyl sites for hydroxylation is 2. The van der Waals surface area contributed by atoms with E-state index in [1.165, 1.54) is 15.7 Å². The third-order valence-electron chi connectivity index (χ3n) is 4.32. The van der Waals surface area contributed by atoms with Crippen molar-refractivity contribution in [2.24, 2.45) is 0 Å². The molecule has 0 bridgehead atoms. The highest BCUT2D eigenvalue weighted by Crippen LogP contribution is 2.26. The minimum Gasteiger partial charge on any atom is -0.267 e. The Morgan fingerprint density at radius 3 is 2.59 bits per heavy atom. The number of hydrogen-bond acceptors (Lipinski definition) is 5. The molecule has 0 aliphatic carbocycles. The van der Waals surface area contributed by atoms with Crippen molar-refractivity contribution in [1.29, 1.82) is 0 Å². The lowest BCUT2D eigenvalue weighted by Gasteiger charge is -2.09. The van der Waals surface area contributed by atoms with Crippen LogP contribution in [0, 0.1) is 13.8 Å². The fraction of sp³-hybridized carbons (Fsp3) is 0.158. The average molecular weight is 399 g/mol. The van der Waals surface area contributed by atoms with Gasteiger partial charge in [-0.2, -0.15) is 0 Å². The van der Waals surface area contributed by atoms with Crippen molar-refractivity contribution >= 4 is 36.5 Å². The van der Waals surface area contributed by atoms with Crippen molar-refractivity contribution in [1.82, 2.24) is 14.1 Å². The maximum absolute atomic E-state index is 13.1. The van der Waals surface area contributed by atoms with Crippen molar-refractivity contribution in [3.63, 3.8) is 0 Å². The maximum atomic E-state index is 13.1. The van der Waals surface area contributed by atoms with E-state index in [1.807, 2.05) is 55.5 Å². The molecular formula is C19H17N3O3S2. The number of fused-ring (bicyclic) bond motifs is 3. The Labute approximate surface area is 160 Å². The lowest BCUT2D eigenvalue weighted by atomic mass is 10.2. The zero-order valence-electron chi connectivity index (χ0n) is 14.8. The minimum absolute atomic E-state index is 0.105. The van der Waals surface area contributed by atoms with E-state index in [9.17, 15) is 13.2 Å². The quantitative estimate of drug-likeness (QED) is 0.572. The number of hydrogen-bond donors (Lipinski definition) is 1. The monoisotopic (exact) mass is 399 g/mol. The summed E-state index contributed by atoms with van der Waals surface area (Å²) in [5, 5.41) is 0.